The van der Waals surface area contributed by atoms with E-state index in [0.29, 0.717) is 32.1 Å². The Labute approximate surface area is 200 Å². The van der Waals surface area contributed by atoms with Crippen LogP contribution in [0, 0.1) is 17.8 Å². The summed E-state index contributed by atoms with van der Waals surface area (Å²) in [7, 11) is 0. The normalized spacial score (nSPS) is 19.1. The molecule has 1 saturated carbocycles. The molecule has 34 heavy (non-hydrogen) atoms. The van der Waals surface area contributed by atoms with E-state index in [1.165, 1.54) is 0 Å². The largest absolute Gasteiger partial charge is 0.344 e. The van der Waals surface area contributed by atoms with Gasteiger partial charge in [-0.25, -0.2) is 10.3 Å². The Morgan fingerprint density at radius 2 is 1.74 bits per heavy atom. The maximum atomic E-state index is 13.3. The number of hydroxylamine groups is 1. The lowest BCUT2D eigenvalue weighted by atomic mass is 9.81. The highest BCUT2D eigenvalue weighted by molar-refractivity contribution is 6.08. The zero-order valence-corrected chi connectivity index (χ0v) is 20.0. The molecule has 1 aliphatic carbocycles. The Morgan fingerprint density at radius 1 is 1.06 bits per heavy atom. The molecule has 1 saturated heterocycles. The van der Waals surface area contributed by atoms with Crippen LogP contribution in [0.3, 0.4) is 0 Å². The first-order valence-electron chi connectivity index (χ1n) is 12.2. The third-order valence-electron chi connectivity index (χ3n) is 6.91. The molecule has 1 spiro atoms. The molecule has 2 fully saturated rings. The van der Waals surface area contributed by atoms with Gasteiger partial charge in [0.25, 0.3) is 5.91 Å². The van der Waals surface area contributed by atoms with Gasteiger partial charge >= 0.3 is 6.03 Å². The summed E-state index contributed by atoms with van der Waals surface area (Å²) in [6.45, 7) is 3.87. The number of nitrogens with one attached hydrogen (secondary N) is 3. The van der Waals surface area contributed by atoms with E-state index < -0.39 is 41.1 Å². The summed E-state index contributed by atoms with van der Waals surface area (Å²) in [6, 6.07) is 9.17. The summed E-state index contributed by atoms with van der Waals surface area (Å²) >= 11 is 0. The van der Waals surface area contributed by atoms with Crippen molar-refractivity contribution in [2.75, 3.05) is 0 Å². The number of hydrogen-bond donors (Lipinski definition) is 4. The summed E-state index contributed by atoms with van der Waals surface area (Å²) in [6.07, 6.45) is 5.88. The topological polar surface area (TPSA) is 128 Å². The molecule has 1 heterocycles. The van der Waals surface area contributed by atoms with E-state index in [2.05, 4.69) is 10.7 Å². The van der Waals surface area contributed by atoms with Gasteiger partial charge in [-0.2, -0.15) is 5.01 Å². The highest BCUT2D eigenvalue weighted by Crippen LogP contribution is 2.33. The zero-order chi connectivity index (χ0) is 24.7. The van der Waals surface area contributed by atoms with Crippen LogP contribution in [0.2, 0.25) is 0 Å². The molecule has 2 atom stereocenters. The smallest absolute Gasteiger partial charge is 0.322 e. The minimum Gasteiger partial charge on any atom is -0.322 e. The van der Waals surface area contributed by atoms with Gasteiger partial charge in [0.2, 0.25) is 11.8 Å². The lowest BCUT2D eigenvalue weighted by Crippen LogP contribution is -2.53. The second kappa shape index (κ2) is 11.5. The van der Waals surface area contributed by atoms with Gasteiger partial charge in [-0.15, -0.1) is 0 Å². The molecule has 2 aliphatic rings. The SMILES string of the molecule is CC(C)CC(C(=O)NN1C(=O)NC2(CCCCC2)C1=O)[C@@H](CCCc1ccccc1)C(=O)NO. The number of imide groups is 1. The maximum absolute atomic E-state index is 13.3. The van der Waals surface area contributed by atoms with Gasteiger partial charge in [-0.3, -0.25) is 25.0 Å². The van der Waals surface area contributed by atoms with E-state index >= 15 is 0 Å². The molecule has 3 rings (SSSR count). The van der Waals surface area contributed by atoms with Crippen LogP contribution in [-0.4, -0.2) is 39.5 Å². The Bertz CT molecular complexity index is 883. The number of aryl methyl sites for hydroxylation is 1. The number of hydrazine groups is 1. The second-order valence-electron chi connectivity index (χ2n) is 9.89. The summed E-state index contributed by atoms with van der Waals surface area (Å²) < 4.78 is 0. The van der Waals surface area contributed by atoms with Crippen LogP contribution >= 0.6 is 0 Å². The molecule has 5 amide bonds. The molecule has 1 aromatic carbocycles. The van der Waals surface area contributed by atoms with Gasteiger partial charge in [0.1, 0.15) is 5.54 Å². The van der Waals surface area contributed by atoms with Gasteiger partial charge in [-0.1, -0.05) is 63.4 Å². The molecule has 186 valence electrons. The zero-order valence-electron chi connectivity index (χ0n) is 20.0. The van der Waals surface area contributed by atoms with Gasteiger partial charge < -0.3 is 5.32 Å². The molecule has 1 aromatic rings. The molecule has 9 heteroatoms. The van der Waals surface area contributed by atoms with Crippen LogP contribution in [-0.2, 0) is 20.8 Å². The number of benzene rings is 1. The molecular weight excluding hydrogens is 436 g/mol. The third-order valence-corrected chi connectivity index (χ3v) is 6.91. The van der Waals surface area contributed by atoms with Gasteiger partial charge in [0, 0.05) is 0 Å². The van der Waals surface area contributed by atoms with Crippen molar-refractivity contribution in [1.29, 1.82) is 0 Å². The predicted octanol–water partition coefficient (Wildman–Crippen LogP) is 3.08. The molecule has 4 N–H and O–H groups in total. The first-order chi connectivity index (χ1) is 16.3. The standard InChI is InChI=1S/C25H36N4O5/c1-17(2)16-20(19(22(31)28-34)13-9-12-18-10-5-3-6-11-18)21(30)27-29-23(32)25(26-24(29)33)14-7-4-8-15-25/h3,5-6,10-11,17,19-20,34H,4,7-9,12-16H2,1-2H3,(H,26,33)(H,27,30)(H,28,31)/t19-,20?/m1/s1. The van der Waals surface area contributed by atoms with E-state index in [-0.39, 0.29) is 5.92 Å². The Morgan fingerprint density at radius 3 is 2.35 bits per heavy atom. The number of nitrogens with zero attached hydrogens (tertiary/aromatic N) is 1. The Balaban J connectivity index is 1.73. The average molecular weight is 473 g/mol. The summed E-state index contributed by atoms with van der Waals surface area (Å²) in [5.74, 6) is -3.20. The minimum atomic E-state index is -0.951. The van der Waals surface area contributed by atoms with Crippen LogP contribution < -0.4 is 16.2 Å². The molecule has 0 aromatic heterocycles. The van der Waals surface area contributed by atoms with Crippen LogP contribution in [0.15, 0.2) is 30.3 Å². The number of carbonyl (C=O) groups excluding carboxylic acids is 4. The lowest BCUT2D eigenvalue weighted by molar-refractivity contribution is -0.146. The fourth-order valence-corrected chi connectivity index (χ4v) is 5.14. The molecule has 0 radical (unpaired) electrons. The van der Waals surface area contributed by atoms with Crippen molar-refractivity contribution in [3.05, 3.63) is 35.9 Å². The van der Waals surface area contributed by atoms with Gasteiger partial charge in [-0.05, 0) is 50.0 Å². The number of rotatable bonds is 10. The van der Waals surface area contributed by atoms with Gasteiger partial charge in [0.05, 0.1) is 11.8 Å². The number of carbonyl (C=O) groups is 4. The summed E-state index contributed by atoms with van der Waals surface area (Å²) in [4.78, 5) is 51.6. The Hall–Kier alpha value is -2.94. The van der Waals surface area contributed by atoms with Gasteiger partial charge in [0.15, 0.2) is 0 Å². The fraction of sp³-hybridized carbons (Fsp3) is 0.600. The van der Waals surface area contributed by atoms with Crippen LogP contribution in [0.4, 0.5) is 4.79 Å². The first-order valence-corrected chi connectivity index (χ1v) is 12.2. The lowest BCUT2D eigenvalue weighted by Gasteiger charge is -2.31. The first kappa shape index (κ1) is 25.7. The summed E-state index contributed by atoms with van der Waals surface area (Å²) in [5.41, 5.74) is 4.36. The molecule has 1 unspecified atom stereocenters. The molecule has 0 bridgehead atoms. The Kier molecular flexibility index (Phi) is 8.66. The highest BCUT2D eigenvalue weighted by atomic mass is 16.5. The van der Waals surface area contributed by atoms with E-state index in [4.69, 9.17) is 0 Å². The quantitative estimate of drug-likeness (QED) is 0.236. The van der Waals surface area contributed by atoms with E-state index in [0.717, 1.165) is 36.3 Å². The summed E-state index contributed by atoms with van der Waals surface area (Å²) in [5, 5.41) is 12.9. The van der Waals surface area contributed by atoms with Crippen molar-refractivity contribution in [2.45, 2.75) is 77.2 Å². The third kappa shape index (κ3) is 5.94. The van der Waals surface area contributed by atoms with E-state index in [1.54, 1.807) is 5.48 Å². The van der Waals surface area contributed by atoms with Crippen molar-refractivity contribution < 1.29 is 24.4 Å². The maximum Gasteiger partial charge on any atom is 0.344 e. The highest BCUT2D eigenvalue weighted by Gasteiger charge is 2.52. The second-order valence-corrected chi connectivity index (χ2v) is 9.89. The van der Waals surface area contributed by atoms with Crippen LogP contribution in [0.25, 0.3) is 0 Å². The van der Waals surface area contributed by atoms with E-state index in [9.17, 15) is 24.4 Å². The molecule has 9 nitrogen and oxygen atoms in total. The molecular formula is C25H36N4O5. The van der Waals surface area contributed by atoms with Crippen LogP contribution in [0.1, 0.15) is 70.8 Å². The average Bonchev–Trinajstić information content (AvgIpc) is 3.04. The monoisotopic (exact) mass is 472 g/mol. The molecule has 1 aliphatic heterocycles. The number of hydrogen-bond acceptors (Lipinski definition) is 5. The van der Waals surface area contributed by atoms with Crippen molar-refractivity contribution in [3.63, 3.8) is 0 Å². The van der Waals surface area contributed by atoms with Crippen molar-refractivity contribution in [1.82, 2.24) is 21.2 Å². The fourth-order valence-electron chi connectivity index (χ4n) is 5.14. The van der Waals surface area contributed by atoms with E-state index in [1.807, 2.05) is 44.2 Å². The number of amides is 5. The number of urea groups is 1. The predicted molar refractivity (Wildman–Crippen MR) is 125 cm³/mol. The van der Waals surface area contributed by atoms with Crippen LogP contribution in [0.5, 0.6) is 0 Å². The van der Waals surface area contributed by atoms with Crippen molar-refractivity contribution in [2.24, 2.45) is 17.8 Å². The minimum absolute atomic E-state index is 0.0756. The van der Waals surface area contributed by atoms with Crippen molar-refractivity contribution >= 4 is 23.8 Å². The van der Waals surface area contributed by atoms with Crippen molar-refractivity contribution in [3.8, 4) is 0 Å².